The normalized spacial score (nSPS) is 20.5. The molecule has 2 rings (SSSR count). The van der Waals surface area contributed by atoms with Gasteiger partial charge in [-0.1, -0.05) is 22.0 Å². The fourth-order valence-corrected chi connectivity index (χ4v) is 2.86. The lowest BCUT2D eigenvalue weighted by Crippen LogP contribution is -2.38. The van der Waals surface area contributed by atoms with Gasteiger partial charge in [0.15, 0.2) is 0 Å². The molecule has 0 bridgehead atoms. The van der Waals surface area contributed by atoms with Gasteiger partial charge in [0.25, 0.3) is 0 Å². The Morgan fingerprint density at radius 3 is 2.89 bits per heavy atom. The summed E-state index contributed by atoms with van der Waals surface area (Å²) in [7, 11) is 0. The first kappa shape index (κ1) is 15.9. The van der Waals surface area contributed by atoms with Crippen molar-refractivity contribution in [3.05, 3.63) is 34.1 Å². The van der Waals surface area contributed by atoms with Crippen LogP contribution in [0.15, 0.2) is 22.7 Å². The number of halogens is 3. The first-order chi connectivity index (χ1) is 8.20. The monoisotopic (exact) mass is 336 g/mol. The molecule has 1 aliphatic heterocycles. The summed E-state index contributed by atoms with van der Waals surface area (Å²) in [5.41, 5.74) is 6.46. The van der Waals surface area contributed by atoms with Gasteiger partial charge in [-0.25, -0.2) is 4.39 Å². The van der Waals surface area contributed by atoms with Crippen LogP contribution in [0, 0.1) is 11.7 Å². The zero-order valence-corrected chi connectivity index (χ0v) is 12.6. The molecule has 1 heterocycles. The molecule has 5 heteroatoms. The maximum Gasteiger partial charge on any atom is 0.128 e. The summed E-state index contributed by atoms with van der Waals surface area (Å²) in [4.78, 5) is 2.30. The molecule has 0 aliphatic carbocycles. The summed E-state index contributed by atoms with van der Waals surface area (Å²) < 4.78 is 14.6. The Labute approximate surface area is 122 Å². The van der Waals surface area contributed by atoms with Crippen LogP contribution in [0.1, 0.15) is 18.4 Å². The Bertz CT molecular complexity index is 369. The summed E-state index contributed by atoms with van der Waals surface area (Å²) in [5.74, 6) is 0.434. The molecule has 18 heavy (non-hydrogen) atoms. The zero-order valence-electron chi connectivity index (χ0n) is 10.2. The molecule has 2 N–H and O–H groups in total. The smallest absolute Gasteiger partial charge is 0.128 e. The van der Waals surface area contributed by atoms with E-state index in [0.717, 1.165) is 36.1 Å². The molecule has 0 spiro atoms. The molecule has 0 aromatic heterocycles. The maximum atomic E-state index is 13.7. The Morgan fingerprint density at radius 1 is 1.44 bits per heavy atom. The van der Waals surface area contributed by atoms with Crippen molar-refractivity contribution in [2.45, 2.75) is 19.4 Å². The highest BCUT2D eigenvalue weighted by molar-refractivity contribution is 9.10. The van der Waals surface area contributed by atoms with Gasteiger partial charge in [0.05, 0.1) is 0 Å². The predicted octanol–water partition coefficient (Wildman–Crippen LogP) is 3.18. The van der Waals surface area contributed by atoms with Crippen LogP contribution in [0.4, 0.5) is 4.39 Å². The summed E-state index contributed by atoms with van der Waals surface area (Å²) in [6, 6.07) is 5.13. The average molecular weight is 338 g/mol. The van der Waals surface area contributed by atoms with Crippen molar-refractivity contribution in [2.75, 3.05) is 19.6 Å². The molecular weight excluding hydrogens is 319 g/mol. The third-order valence-corrected chi connectivity index (χ3v) is 4.12. The van der Waals surface area contributed by atoms with Gasteiger partial charge >= 0.3 is 0 Å². The fraction of sp³-hybridized carbons (Fsp3) is 0.538. The molecule has 1 aromatic rings. The Balaban J connectivity index is 0.00000162. The van der Waals surface area contributed by atoms with Gasteiger partial charge in [0.1, 0.15) is 5.82 Å². The minimum atomic E-state index is -0.130. The number of hydrogen-bond acceptors (Lipinski definition) is 2. The second-order valence-electron chi connectivity index (χ2n) is 4.68. The zero-order chi connectivity index (χ0) is 12.3. The number of nitrogens with zero attached hydrogens (tertiary/aromatic N) is 1. The second-order valence-corrected chi connectivity index (χ2v) is 5.53. The molecule has 102 valence electrons. The van der Waals surface area contributed by atoms with Crippen LogP contribution >= 0.6 is 28.3 Å². The molecule has 1 fully saturated rings. The molecule has 0 amide bonds. The van der Waals surface area contributed by atoms with E-state index in [1.54, 1.807) is 6.07 Å². The van der Waals surface area contributed by atoms with Crippen LogP contribution in [-0.4, -0.2) is 24.5 Å². The van der Waals surface area contributed by atoms with Crippen LogP contribution in [0.3, 0.4) is 0 Å². The third-order valence-electron chi connectivity index (χ3n) is 3.38. The van der Waals surface area contributed by atoms with Gasteiger partial charge in [-0.15, -0.1) is 12.4 Å². The summed E-state index contributed by atoms with van der Waals surface area (Å²) in [6.45, 7) is 3.42. The highest BCUT2D eigenvalue weighted by Gasteiger charge is 2.20. The van der Waals surface area contributed by atoms with Gasteiger partial charge in [0, 0.05) is 23.1 Å². The van der Waals surface area contributed by atoms with Crippen molar-refractivity contribution in [1.82, 2.24) is 4.90 Å². The number of rotatable bonds is 3. The highest BCUT2D eigenvalue weighted by Crippen LogP contribution is 2.24. The van der Waals surface area contributed by atoms with Gasteiger partial charge < -0.3 is 5.73 Å². The molecule has 1 atom stereocenters. The van der Waals surface area contributed by atoms with Crippen LogP contribution in [0.5, 0.6) is 0 Å². The van der Waals surface area contributed by atoms with Gasteiger partial charge in [-0.3, -0.25) is 4.90 Å². The van der Waals surface area contributed by atoms with Crippen LogP contribution in [0.2, 0.25) is 0 Å². The van der Waals surface area contributed by atoms with Crippen molar-refractivity contribution in [2.24, 2.45) is 11.7 Å². The van der Waals surface area contributed by atoms with Crippen molar-refractivity contribution in [3.8, 4) is 0 Å². The second kappa shape index (κ2) is 7.43. The molecule has 1 saturated heterocycles. The molecule has 0 radical (unpaired) electrons. The van der Waals surface area contributed by atoms with Gasteiger partial charge in [-0.2, -0.15) is 0 Å². The average Bonchev–Trinajstić information content (AvgIpc) is 2.34. The number of nitrogens with two attached hydrogens (primary N) is 1. The maximum absolute atomic E-state index is 13.7. The predicted molar refractivity (Wildman–Crippen MR) is 78.4 cm³/mol. The van der Waals surface area contributed by atoms with Crippen molar-refractivity contribution in [3.63, 3.8) is 0 Å². The first-order valence-electron chi connectivity index (χ1n) is 6.06. The number of benzene rings is 1. The lowest BCUT2D eigenvalue weighted by Gasteiger charge is -2.32. The fourth-order valence-electron chi connectivity index (χ4n) is 2.39. The van der Waals surface area contributed by atoms with E-state index >= 15 is 0 Å². The van der Waals surface area contributed by atoms with Crippen LogP contribution in [-0.2, 0) is 6.54 Å². The lowest BCUT2D eigenvalue weighted by molar-refractivity contribution is 0.169. The van der Waals surface area contributed by atoms with E-state index < -0.39 is 0 Å². The standard InChI is InChI=1S/C13H18BrFN2.ClH/c14-12-4-1-5-13(15)11(12)9-17-6-2-3-10(7-16)8-17;/h1,4-5,10H,2-3,6-9,16H2;1H. The molecule has 1 aromatic carbocycles. The van der Waals surface area contributed by atoms with Crippen molar-refractivity contribution >= 4 is 28.3 Å². The summed E-state index contributed by atoms with van der Waals surface area (Å²) >= 11 is 3.41. The largest absolute Gasteiger partial charge is 0.330 e. The van der Waals surface area contributed by atoms with E-state index in [9.17, 15) is 4.39 Å². The van der Waals surface area contributed by atoms with Crippen molar-refractivity contribution in [1.29, 1.82) is 0 Å². The summed E-state index contributed by atoms with van der Waals surface area (Å²) in [5, 5.41) is 0. The molecular formula is C13H19BrClFN2. The van der Waals surface area contributed by atoms with E-state index in [-0.39, 0.29) is 18.2 Å². The van der Waals surface area contributed by atoms with Crippen LogP contribution in [0.25, 0.3) is 0 Å². The topological polar surface area (TPSA) is 29.3 Å². The van der Waals surface area contributed by atoms with E-state index in [4.69, 9.17) is 5.73 Å². The lowest BCUT2D eigenvalue weighted by atomic mass is 9.98. The number of piperidine rings is 1. The molecule has 2 nitrogen and oxygen atoms in total. The minimum Gasteiger partial charge on any atom is -0.330 e. The quantitative estimate of drug-likeness (QED) is 0.918. The number of hydrogen-bond donors (Lipinski definition) is 1. The first-order valence-corrected chi connectivity index (χ1v) is 6.85. The molecule has 1 unspecified atom stereocenters. The highest BCUT2D eigenvalue weighted by atomic mass is 79.9. The van der Waals surface area contributed by atoms with Crippen molar-refractivity contribution < 1.29 is 4.39 Å². The van der Waals surface area contributed by atoms with Gasteiger partial charge in [0.2, 0.25) is 0 Å². The van der Waals surface area contributed by atoms with E-state index in [2.05, 4.69) is 20.8 Å². The van der Waals surface area contributed by atoms with E-state index in [1.165, 1.54) is 12.5 Å². The van der Waals surface area contributed by atoms with Gasteiger partial charge in [-0.05, 0) is 44.0 Å². The molecule has 1 aliphatic rings. The molecule has 0 saturated carbocycles. The Hall–Kier alpha value is -0.160. The summed E-state index contributed by atoms with van der Waals surface area (Å²) in [6.07, 6.45) is 2.36. The minimum absolute atomic E-state index is 0. The Morgan fingerprint density at radius 2 is 2.22 bits per heavy atom. The SMILES string of the molecule is Cl.NCC1CCCN(Cc2c(F)cccc2Br)C1. The third kappa shape index (κ3) is 3.92. The van der Waals surface area contributed by atoms with E-state index in [1.807, 2.05) is 6.07 Å². The Kier molecular flexibility index (Phi) is 6.57. The van der Waals surface area contributed by atoms with Crippen LogP contribution < -0.4 is 5.73 Å². The number of likely N-dealkylation sites (tertiary alicyclic amines) is 1. The van der Waals surface area contributed by atoms with E-state index in [0.29, 0.717) is 12.5 Å².